The van der Waals surface area contributed by atoms with E-state index in [0.29, 0.717) is 6.61 Å². The first kappa shape index (κ1) is 16.9. The molecule has 118 valence electrons. The second-order valence-electron chi connectivity index (χ2n) is 6.63. The van der Waals surface area contributed by atoms with Gasteiger partial charge in [0.05, 0.1) is 0 Å². The summed E-state index contributed by atoms with van der Waals surface area (Å²) in [6, 6.07) is 14.2. The molecule has 0 aliphatic heterocycles. The molecule has 0 saturated heterocycles. The second kappa shape index (κ2) is 7.17. The number of nitrogens with one attached hydrogen (secondary N) is 1. The van der Waals surface area contributed by atoms with Gasteiger partial charge in [-0.25, -0.2) is 0 Å². The number of aryl methyl sites for hydroxylation is 1. The van der Waals surface area contributed by atoms with Crippen LogP contribution in [0.15, 0.2) is 42.5 Å². The van der Waals surface area contributed by atoms with Gasteiger partial charge in [0, 0.05) is 22.7 Å². The third-order valence-corrected chi connectivity index (χ3v) is 3.58. The van der Waals surface area contributed by atoms with Gasteiger partial charge in [-0.3, -0.25) is 0 Å². The number of halogens is 1. The Bertz CT molecular complexity index is 614. The highest BCUT2D eigenvalue weighted by atomic mass is 35.5. The Hall–Kier alpha value is -1.51. The summed E-state index contributed by atoms with van der Waals surface area (Å²) in [5.74, 6) is 0.877. The molecule has 2 rings (SSSR count). The largest absolute Gasteiger partial charge is 0.489 e. The molecule has 22 heavy (non-hydrogen) atoms. The van der Waals surface area contributed by atoms with Crippen LogP contribution >= 0.6 is 11.6 Å². The fourth-order valence-electron chi connectivity index (χ4n) is 2.03. The van der Waals surface area contributed by atoms with E-state index in [4.69, 9.17) is 16.3 Å². The van der Waals surface area contributed by atoms with E-state index >= 15 is 0 Å². The van der Waals surface area contributed by atoms with Crippen LogP contribution in [0.1, 0.15) is 37.5 Å². The summed E-state index contributed by atoms with van der Waals surface area (Å²) in [7, 11) is 0. The lowest BCUT2D eigenvalue weighted by Crippen LogP contribution is -2.35. The van der Waals surface area contributed by atoms with Gasteiger partial charge in [-0.15, -0.1) is 0 Å². The predicted molar refractivity (Wildman–Crippen MR) is 93.6 cm³/mol. The van der Waals surface area contributed by atoms with E-state index in [1.165, 1.54) is 5.56 Å². The molecule has 0 radical (unpaired) electrons. The average molecular weight is 318 g/mol. The second-order valence-corrected chi connectivity index (χ2v) is 7.07. The number of ether oxygens (including phenoxy) is 1. The summed E-state index contributed by atoms with van der Waals surface area (Å²) >= 11 is 6.12. The Morgan fingerprint density at radius 2 is 1.73 bits per heavy atom. The third-order valence-electron chi connectivity index (χ3n) is 3.35. The van der Waals surface area contributed by atoms with Crippen molar-refractivity contribution >= 4 is 11.6 Å². The van der Waals surface area contributed by atoms with Crippen LogP contribution < -0.4 is 10.1 Å². The normalized spacial score (nSPS) is 11.5. The van der Waals surface area contributed by atoms with E-state index in [0.717, 1.165) is 28.4 Å². The summed E-state index contributed by atoms with van der Waals surface area (Å²) in [5, 5.41) is 4.20. The minimum absolute atomic E-state index is 0.0521. The molecule has 0 aliphatic carbocycles. The molecule has 0 unspecified atom stereocenters. The summed E-state index contributed by atoms with van der Waals surface area (Å²) in [5.41, 5.74) is 3.55. The van der Waals surface area contributed by atoms with E-state index < -0.39 is 0 Å². The van der Waals surface area contributed by atoms with E-state index in [2.05, 4.69) is 57.3 Å². The zero-order valence-electron chi connectivity index (χ0n) is 13.7. The highest BCUT2D eigenvalue weighted by Gasteiger charge is 2.11. The van der Waals surface area contributed by atoms with Crippen LogP contribution in [0.3, 0.4) is 0 Å². The lowest BCUT2D eigenvalue weighted by molar-refractivity contribution is 0.300. The summed E-state index contributed by atoms with van der Waals surface area (Å²) in [6.45, 7) is 9.80. The highest BCUT2D eigenvalue weighted by molar-refractivity contribution is 6.30. The molecule has 2 aromatic rings. The topological polar surface area (TPSA) is 21.3 Å². The predicted octanol–water partition coefficient (Wildman–Crippen LogP) is 5.12. The Kier molecular flexibility index (Phi) is 5.49. The summed E-state index contributed by atoms with van der Waals surface area (Å²) in [6.07, 6.45) is 0. The number of hydrogen-bond acceptors (Lipinski definition) is 2. The SMILES string of the molecule is Cc1ccc(COc2ccc(Cl)cc2CNC(C)(C)C)cc1. The smallest absolute Gasteiger partial charge is 0.124 e. The first-order valence-corrected chi connectivity index (χ1v) is 7.93. The van der Waals surface area contributed by atoms with Crippen LogP contribution in [0.2, 0.25) is 5.02 Å². The van der Waals surface area contributed by atoms with Crippen molar-refractivity contribution in [3.05, 3.63) is 64.2 Å². The standard InChI is InChI=1S/C19H24ClNO/c1-14-5-7-15(8-6-14)13-22-18-10-9-17(20)11-16(18)12-21-19(2,3)4/h5-11,21H,12-13H2,1-4H3. The Labute approximate surface area is 138 Å². The molecule has 0 saturated carbocycles. The van der Waals surface area contributed by atoms with Crippen LogP contribution in [0, 0.1) is 6.92 Å². The minimum Gasteiger partial charge on any atom is -0.489 e. The lowest BCUT2D eigenvalue weighted by Gasteiger charge is -2.22. The maximum Gasteiger partial charge on any atom is 0.124 e. The molecule has 2 nitrogen and oxygen atoms in total. The van der Waals surface area contributed by atoms with Gasteiger partial charge in [-0.05, 0) is 51.5 Å². The molecule has 0 bridgehead atoms. The van der Waals surface area contributed by atoms with E-state index in [9.17, 15) is 0 Å². The van der Waals surface area contributed by atoms with Gasteiger partial charge in [0.15, 0.2) is 0 Å². The molecule has 1 N–H and O–H groups in total. The molecule has 3 heteroatoms. The van der Waals surface area contributed by atoms with E-state index in [1.54, 1.807) is 0 Å². The molecular weight excluding hydrogens is 294 g/mol. The van der Waals surface area contributed by atoms with Crippen molar-refractivity contribution in [2.75, 3.05) is 0 Å². The first-order chi connectivity index (χ1) is 10.3. The molecule has 0 spiro atoms. The molecule has 0 aliphatic rings. The first-order valence-electron chi connectivity index (χ1n) is 7.55. The minimum atomic E-state index is 0.0521. The quantitative estimate of drug-likeness (QED) is 0.826. The molecule has 2 aromatic carbocycles. The van der Waals surface area contributed by atoms with E-state index in [-0.39, 0.29) is 5.54 Å². The Morgan fingerprint density at radius 1 is 1.05 bits per heavy atom. The number of rotatable bonds is 5. The van der Waals surface area contributed by atoms with Crippen molar-refractivity contribution in [3.63, 3.8) is 0 Å². The van der Waals surface area contributed by atoms with Crippen LogP contribution in [-0.2, 0) is 13.2 Å². The molecule has 0 amide bonds. The van der Waals surface area contributed by atoms with Crippen LogP contribution in [0.4, 0.5) is 0 Å². The zero-order chi connectivity index (χ0) is 16.2. The zero-order valence-corrected chi connectivity index (χ0v) is 14.5. The van der Waals surface area contributed by atoms with Gasteiger partial charge in [0.1, 0.15) is 12.4 Å². The van der Waals surface area contributed by atoms with Crippen molar-refractivity contribution < 1.29 is 4.74 Å². The fraction of sp³-hybridized carbons (Fsp3) is 0.368. The highest BCUT2D eigenvalue weighted by Crippen LogP contribution is 2.24. The molecule has 0 heterocycles. The van der Waals surface area contributed by atoms with E-state index in [1.807, 2.05) is 18.2 Å². The summed E-state index contributed by atoms with van der Waals surface area (Å²) < 4.78 is 5.98. The van der Waals surface area contributed by atoms with Gasteiger partial charge < -0.3 is 10.1 Å². The van der Waals surface area contributed by atoms with Crippen LogP contribution in [0.25, 0.3) is 0 Å². The molecule has 0 atom stereocenters. The van der Waals surface area contributed by atoms with Crippen molar-refractivity contribution in [1.29, 1.82) is 0 Å². The van der Waals surface area contributed by atoms with Gasteiger partial charge in [0.2, 0.25) is 0 Å². The van der Waals surface area contributed by atoms with Crippen molar-refractivity contribution in [2.45, 2.75) is 46.4 Å². The van der Waals surface area contributed by atoms with Crippen LogP contribution in [-0.4, -0.2) is 5.54 Å². The van der Waals surface area contributed by atoms with Crippen molar-refractivity contribution in [3.8, 4) is 5.75 Å². The summed E-state index contributed by atoms with van der Waals surface area (Å²) in [4.78, 5) is 0. The van der Waals surface area contributed by atoms with Gasteiger partial charge in [-0.1, -0.05) is 41.4 Å². The van der Waals surface area contributed by atoms with Gasteiger partial charge in [0.25, 0.3) is 0 Å². The maximum atomic E-state index is 6.12. The lowest BCUT2D eigenvalue weighted by atomic mass is 10.1. The average Bonchev–Trinajstić information content (AvgIpc) is 2.45. The Balaban J connectivity index is 2.07. The third kappa shape index (κ3) is 5.36. The van der Waals surface area contributed by atoms with Crippen molar-refractivity contribution in [1.82, 2.24) is 5.32 Å². The maximum absolute atomic E-state index is 6.12. The van der Waals surface area contributed by atoms with Crippen LogP contribution in [0.5, 0.6) is 5.75 Å². The molecule has 0 aromatic heterocycles. The Morgan fingerprint density at radius 3 is 2.36 bits per heavy atom. The molecular formula is C19H24ClNO. The number of hydrogen-bond donors (Lipinski definition) is 1. The van der Waals surface area contributed by atoms with Crippen molar-refractivity contribution in [2.24, 2.45) is 0 Å². The fourth-order valence-corrected chi connectivity index (χ4v) is 2.23. The monoisotopic (exact) mass is 317 g/mol. The molecule has 0 fully saturated rings. The number of benzene rings is 2. The van der Waals surface area contributed by atoms with Gasteiger partial charge >= 0.3 is 0 Å². The van der Waals surface area contributed by atoms with Gasteiger partial charge in [-0.2, -0.15) is 0 Å².